The van der Waals surface area contributed by atoms with Crippen molar-refractivity contribution in [2.45, 2.75) is 45.6 Å². The summed E-state index contributed by atoms with van der Waals surface area (Å²) in [5.74, 6) is 1.22. The molecule has 0 spiro atoms. The van der Waals surface area contributed by atoms with Gasteiger partial charge in [-0.3, -0.25) is 9.59 Å². The van der Waals surface area contributed by atoms with Crippen molar-refractivity contribution in [3.63, 3.8) is 0 Å². The predicted molar refractivity (Wildman–Crippen MR) is 108 cm³/mol. The van der Waals surface area contributed by atoms with Crippen LogP contribution in [0.3, 0.4) is 0 Å². The maximum atomic E-state index is 12.6. The van der Waals surface area contributed by atoms with Gasteiger partial charge in [-0.2, -0.15) is 0 Å². The molecule has 0 bridgehead atoms. The Bertz CT molecular complexity index is 1020. The Hall–Kier alpha value is -2.47. The molecule has 0 saturated carbocycles. The molecule has 0 unspecified atom stereocenters. The molecule has 6 heteroatoms. The number of fused-ring (bicyclic) bond motifs is 3. The van der Waals surface area contributed by atoms with E-state index in [0.717, 1.165) is 35.0 Å². The van der Waals surface area contributed by atoms with Crippen molar-refractivity contribution in [1.82, 2.24) is 15.3 Å². The largest absolute Gasteiger partial charge is 0.352 e. The molecule has 1 atom stereocenters. The van der Waals surface area contributed by atoms with Crippen LogP contribution in [0, 0.1) is 5.92 Å². The number of nitrogens with zero attached hydrogens (tertiary/aromatic N) is 1. The first-order valence-electron chi connectivity index (χ1n) is 9.44. The normalized spacial score (nSPS) is 16.3. The number of H-pyrrole nitrogens is 1. The average Bonchev–Trinajstić information content (AvgIpc) is 3.03. The van der Waals surface area contributed by atoms with Crippen molar-refractivity contribution in [3.8, 4) is 0 Å². The highest BCUT2D eigenvalue weighted by Crippen LogP contribution is 2.35. The van der Waals surface area contributed by atoms with E-state index in [9.17, 15) is 9.59 Å². The first kappa shape index (κ1) is 17.9. The highest BCUT2D eigenvalue weighted by Gasteiger charge is 2.23. The predicted octanol–water partition coefficient (Wildman–Crippen LogP) is 3.36. The summed E-state index contributed by atoms with van der Waals surface area (Å²) in [6.45, 7) is 2.77. The molecule has 1 amide bonds. The van der Waals surface area contributed by atoms with Crippen LogP contribution < -0.4 is 10.9 Å². The summed E-state index contributed by atoms with van der Waals surface area (Å²) >= 11 is 1.64. The van der Waals surface area contributed by atoms with E-state index in [0.29, 0.717) is 31.1 Å². The van der Waals surface area contributed by atoms with Crippen LogP contribution in [0.4, 0.5) is 0 Å². The minimum atomic E-state index is -0.0632. The van der Waals surface area contributed by atoms with Crippen LogP contribution in [0.15, 0.2) is 35.1 Å². The van der Waals surface area contributed by atoms with E-state index in [1.165, 1.54) is 10.4 Å². The van der Waals surface area contributed by atoms with Crippen LogP contribution in [0.2, 0.25) is 0 Å². The molecule has 0 aliphatic heterocycles. The molecule has 5 nitrogen and oxygen atoms in total. The molecule has 0 radical (unpaired) electrons. The number of hydrogen-bond donors (Lipinski definition) is 2. The number of nitrogens with one attached hydrogen (secondary N) is 2. The molecule has 2 aromatic heterocycles. The molecular weight excluding hydrogens is 358 g/mol. The van der Waals surface area contributed by atoms with Gasteiger partial charge >= 0.3 is 0 Å². The van der Waals surface area contributed by atoms with E-state index in [1.54, 1.807) is 11.3 Å². The van der Waals surface area contributed by atoms with E-state index in [-0.39, 0.29) is 11.5 Å². The lowest BCUT2D eigenvalue weighted by atomic mass is 9.89. The number of thiophene rings is 1. The van der Waals surface area contributed by atoms with Crippen LogP contribution in [0.5, 0.6) is 0 Å². The molecular formula is C21H23N3O2S. The van der Waals surface area contributed by atoms with Gasteiger partial charge in [-0.05, 0) is 36.3 Å². The standard InChI is InChI=1S/C21H23N3O2S/c1-13-7-8-15-16(11-13)27-21-19(15)20(26)23-17(24-21)9-10-18(25)22-12-14-5-3-2-4-6-14/h2-6,13H,7-12H2,1H3,(H,22,25)(H,23,24,26)/t13-/m0/s1. The second-order valence-corrected chi connectivity index (χ2v) is 8.39. The van der Waals surface area contributed by atoms with E-state index >= 15 is 0 Å². The zero-order chi connectivity index (χ0) is 18.8. The Kier molecular flexibility index (Phi) is 5.07. The van der Waals surface area contributed by atoms with Gasteiger partial charge < -0.3 is 10.3 Å². The third-order valence-corrected chi connectivity index (χ3v) is 6.28. The second kappa shape index (κ2) is 7.64. The number of rotatable bonds is 5. The summed E-state index contributed by atoms with van der Waals surface area (Å²) < 4.78 is 0. The molecule has 1 aliphatic rings. The minimum Gasteiger partial charge on any atom is -0.352 e. The molecule has 0 fully saturated rings. The van der Waals surface area contributed by atoms with Crippen molar-refractivity contribution < 1.29 is 4.79 Å². The molecule has 2 heterocycles. The smallest absolute Gasteiger partial charge is 0.259 e. The Morgan fingerprint density at radius 3 is 2.96 bits per heavy atom. The maximum Gasteiger partial charge on any atom is 0.259 e. The lowest BCUT2D eigenvalue weighted by Gasteiger charge is -2.17. The summed E-state index contributed by atoms with van der Waals surface area (Å²) in [4.78, 5) is 34.3. The van der Waals surface area contributed by atoms with Gasteiger partial charge in [-0.25, -0.2) is 4.98 Å². The lowest BCUT2D eigenvalue weighted by Crippen LogP contribution is -2.23. The Balaban J connectivity index is 1.43. The first-order valence-corrected chi connectivity index (χ1v) is 10.3. The molecule has 3 aromatic rings. The fourth-order valence-corrected chi connectivity index (χ4v) is 5.03. The van der Waals surface area contributed by atoms with Crippen molar-refractivity contribution >= 4 is 27.5 Å². The number of carbonyl (C=O) groups is 1. The van der Waals surface area contributed by atoms with E-state index in [4.69, 9.17) is 0 Å². The number of aryl methyl sites for hydroxylation is 2. The molecule has 4 rings (SSSR count). The van der Waals surface area contributed by atoms with Crippen LogP contribution in [0.1, 0.15) is 41.6 Å². The van der Waals surface area contributed by atoms with Gasteiger partial charge in [0, 0.05) is 24.3 Å². The number of aromatic nitrogens is 2. The summed E-state index contributed by atoms with van der Waals surface area (Å²) in [5, 5.41) is 3.67. The van der Waals surface area contributed by atoms with E-state index < -0.39 is 0 Å². The quantitative estimate of drug-likeness (QED) is 0.712. The van der Waals surface area contributed by atoms with Gasteiger partial charge in [0.05, 0.1) is 5.39 Å². The number of aromatic amines is 1. The molecule has 27 heavy (non-hydrogen) atoms. The zero-order valence-corrected chi connectivity index (χ0v) is 16.2. The van der Waals surface area contributed by atoms with Gasteiger partial charge in [0.15, 0.2) is 0 Å². The van der Waals surface area contributed by atoms with Crippen LogP contribution in [-0.4, -0.2) is 15.9 Å². The van der Waals surface area contributed by atoms with Crippen LogP contribution in [-0.2, 0) is 30.6 Å². The second-order valence-electron chi connectivity index (χ2n) is 7.31. The van der Waals surface area contributed by atoms with Crippen molar-refractivity contribution in [2.75, 3.05) is 0 Å². The molecule has 1 aromatic carbocycles. The fraction of sp³-hybridized carbons (Fsp3) is 0.381. The van der Waals surface area contributed by atoms with E-state index in [1.807, 2.05) is 30.3 Å². The topological polar surface area (TPSA) is 74.8 Å². The third-order valence-electron chi connectivity index (χ3n) is 5.14. The Morgan fingerprint density at radius 2 is 2.15 bits per heavy atom. The summed E-state index contributed by atoms with van der Waals surface area (Å²) in [7, 11) is 0. The van der Waals surface area contributed by atoms with Crippen molar-refractivity contribution in [2.24, 2.45) is 5.92 Å². The van der Waals surface area contributed by atoms with Gasteiger partial charge in [-0.1, -0.05) is 37.3 Å². The number of hydrogen-bond acceptors (Lipinski definition) is 4. The summed E-state index contributed by atoms with van der Waals surface area (Å²) in [5.41, 5.74) is 2.19. The SMILES string of the molecule is C[C@H]1CCc2c(sc3nc(CCC(=O)NCc4ccccc4)[nH]c(=O)c23)C1. The fourth-order valence-electron chi connectivity index (χ4n) is 3.63. The monoisotopic (exact) mass is 381 g/mol. The minimum absolute atomic E-state index is 0.0408. The van der Waals surface area contributed by atoms with Gasteiger partial charge in [-0.15, -0.1) is 11.3 Å². The number of benzene rings is 1. The zero-order valence-electron chi connectivity index (χ0n) is 15.4. The Labute approximate surface area is 161 Å². The van der Waals surface area contributed by atoms with Crippen molar-refractivity contribution in [1.29, 1.82) is 0 Å². The third kappa shape index (κ3) is 3.95. The Morgan fingerprint density at radius 1 is 1.33 bits per heavy atom. The number of carbonyl (C=O) groups excluding carboxylic acids is 1. The summed E-state index contributed by atoms with van der Waals surface area (Å²) in [6.07, 6.45) is 3.87. The molecule has 140 valence electrons. The van der Waals surface area contributed by atoms with Crippen molar-refractivity contribution in [3.05, 3.63) is 62.5 Å². The first-order chi connectivity index (χ1) is 13.1. The maximum absolute atomic E-state index is 12.6. The summed E-state index contributed by atoms with van der Waals surface area (Å²) in [6, 6.07) is 9.81. The lowest BCUT2D eigenvalue weighted by molar-refractivity contribution is -0.121. The number of amides is 1. The van der Waals surface area contributed by atoms with Crippen LogP contribution in [0.25, 0.3) is 10.2 Å². The molecule has 0 saturated heterocycles. The molecule has 1 aliphatic carbocycles. The van der Waals surface area contributed by atoms with Gasteiger partial charge in [0.25, 0.3) is 5.56 Å². The van der Waals surface area contributed by atoms with Gasteiger partial charge in [0.2, 0.25) is 5.91 Å². The highest BCUT2D eigenvalue weighted by molar-refractivity contribution is 7.18. The van der Waals surface area contributed by atoms with Crippen LogP contribution >= 0.6 is 11.3 Å². The van der Waals surface area contributed by atoms with E-state index in [2.05, 4.69) is 22.2 Å². The van der Waals surface area contributed by atoms with Gasteiger partial charge in [0.1, 0.15) is 10.7 Å². The molecule has 2 N–H and O–H groups in total. The average molecular weight is 382 g/mol. The highest BCUT2D eigenvalue weighted by atomic mass is 32.1.